The lowest BCUT2D eigenvalue weighted by Crippen LogP contribution is -2.53. The normalized spacial score (nSPS) is 21.6. The number of rotatable bonds is 4. The molecule has 1 atom stereocenters. The molecule has 1 aliphatic heterocycles. The summed E-state index contributed by atoms with van der Waals surface area (Å²) >= 11 is 6.07. The van der Waals surface area contributed by atoms with Crippen LogP contribution in [0.4, 0.5) is 0 Å². The number of hydrogen-bond acceptors (Lipinski definition) is 2. The first kappa shape index (κ1) is 15.8. The van der Waals surface area contributed by atoms with E-state index in [1.807, 2.05) is 6.92 Å². The van der Waals surface area contributed by atoms with Gasteiger partial charge in [-0.1, -0.05) is 31.0 Å². The summed E-state index contributed by atoms with van der Waals surface area (Å²) in [6.07, 6.45) is 2.44. The van der Waals surface area contributed by atoms with E-state index in [-0.39, 0.29) is 5.91 Å². The van der Waals surface area contributed by atoms with Gasteiger partial charge in [0.1, 0.15) is 5.54 Å². The third-order valence-corrected chi connectivity index (χ3v) is 4.70. The first-order valence-electron chi connectivity index (χ1n) is 7.24. The van der Waals surface area contributed by atoms with Crippen molar-refractivity contribution in [1.82, 2.24) is 4.90 Å². The Bertz CT molecular complexity index is 573. The molecule has 1 amide bonds. The highest BCUT2D eigenvalue weighted by Crippen LogP contribution is 2.36. The smallest absolute Gasteiger partial charge is 0.329 e. The molecule has 1 heterocycles. The molecular formula is C16H20ClNO3. The van der Waals surface area contributed by atoms with E-state index in [0.717, 1.165) is 12.8 Å². The molecular weight excluding hydrogens is 290 g/mol. The molecule has 0 saturated carbocycles. The molecule has 2 rings (SSSR count). The van der Waals surface area contributed by atoms with Gasteiger partial charge in [0.05, 0.1) is 0 Å². The highest BCUT2D eigenvalue weighted by molar-refractivity contribution is 6.31. The van der Waals surface area contributed by atoms with Gasteiger partial charge in [0.25, 0.3) is 5.91 Å². The standard InChI is InChI=1S/C16H20ClNO3/c1-3-8-16(15(20)21)9-5-10-18(16)14(19)12-6-4-7-13(17)11(12)2/h4,6-7H,3,5,8-10H2,1-2H3,(H,20,21). The Kier molecular flexibility index (Phi) is 4.57. The second kappa shape index (κ2) is 6.06. The Balaban J connectivity index is 2.41. The SMILES string of the molecule is CCCC1(C(=O)O)CCCN1C(=O)c1cccc(Cl)c1C. The highest BCUT2D eigenvalue weighted by atomic mass is 35.5. The molecule has 1 fully saturated rings. The molecule has 4 nitrogen and oxygen atoms in total. The predicted octanol–water partition coefficient (Wildman–Crippen LogP) is 3.51. The molecule has 5 heteroatoms. The predicted molar refractivity (Wildman–Crippen MR) is 81.7 cm³/mol. The number of hydrogen-bond donors (Lipinski definition) is 1. The lowest BCUT2D eigenvalue weighted by molar-refractivity contribution is -0.148. The van der Waals surface area contributed by atoms with Crippen molar-refractivity contribution < 1.29 is 14.7 Å². The van der Waals surface area contributed by atoms with Gasteiger partial charge < -0.3 is 10.0 Å². The lowest BCUT2D eigenvalue weighted by atomic mass is 9.90. The molecule has 1 unspecified atom stereocenters. The van der Waals surface area contributed by atoms with Crippen LogP contribution < -0.4 is 0 Å². The monoisotopic (exact) mass is 309 g/mol. The van der Waals surface area contributed by atoms with Crippen molar-refractivity contribution in [2.45, 2.75) is 45.1 Å². The average Bonchev–Trinajstić information content (AvgIpc) is 2.86. The Hall–Kier alpha value is -1.55. The number of nitrogens with zero attached hydrogens (tertiary/aromatic N) is 1. The van der Waals surface area contributed by atoms with Crippen molar-refractivity contribution >= 4 is 23.5 Å². The maximum Gasteiger partial charge on any atom is 0.329 e. The van der Waals surface area contributed by atoms with E-state index in [9.17, 15) is 14.7 Å². The Labute approximate surface area is 129 Å². The second-order valence-corrected chi connectivity index (χ2v) is 5.97. The van der Waals surface area contributed by atoms with Crippen LogP contribution in [0.2, 0.25) is 5.02 Å². The minimum Gasteiger partial charge on any atom is -0.479 e. The summed E-state index contributed by atoms with van der Waals surface area (Å²) in [6.45, 7) is 4.21. The number of halogens is 1. The lowest BCUT2D eigenvalue weighted by Gasteiger charge is -2.35. The van der Waals surface area contributed by atoms with Crippen LogP contribution >= 0.6 is 11.6 Å². The largest absolute Gasteiger partial charge is 0.479 e. The van der Waals surface area contributed by atoms with Gasteiger partial charge in [-0.05, 0) is 43.9 Å². The fourth-order valence-electron chi connectivity index (χ4n) is 3.16. The number of benzene rings is 1. The molecule has 21 heavy (non-hydrogen) atoms. The van der Waals surface area contributed by atoms with E-state index in [4.69, 9.17) is 11.6 Å². The van der Waals surface area contributed by atoms with Crippen molar-refractivity contribution in [2.24, 2.45) is 0 Å². The van der Waals surface area contributed by atoms with E-state index >= 15 is 0 Å². The maximum absolute atomic E-state index is 12.8. The minimum absolute atomic E-state index is 0.233. The number of carbonyl (C=O) groups excluding carboxylic acids is 1. The number of amides is 1. The van der Waals surface area contributed by atoms with Crippen LogP contribution in [0.5, 0.6) is 0 Å². The molecule has 0 spiro atoms. The molecule has 1 aromatic rings. The van der Waals surface area contributed by atoms with Crippen molar-refractivity contribution in [3.05, 3.63) is 34.3 Å². The third-order valence-electron chi connectivity index (χ3n) is 4.29. The van der Waals surface area contributed by atoms with Crippen LogP contribution in [-0.4, -0.2) is 34.0 Å². The minimum atomic E-state index is -1.07. The van der Waals surface area contributed by atoms with Gasteiger partial charge in [0.2, 0.25) is 0 Å². The Morgan fingerprint density at radius 1 is 1.43 bits per heavy atom. The number of carboxylic acids is 1. The quantitative estimate of drug-likeness (QED) is 0.926. The topological polar surface area (TPSA) is 57.6 Å². The zero-order valence-electron chi connectivity index (χ0n) is 12.4. The van der Waals surface area contributed by atoms with E-state index < -0.39 is 11.5 Å². The number of aliphatic carboxylic acids is 1. The van der Waals surface area contributed by atoms with Gasteiger partial charge in [0, 0.05) is 17.1 Å². The molecule has 1 N–H and O–H groups in total. The van der Waals surface area contributed by atoms with E-state index in [1.165, 1.54) is 4.90 Å². The Morgan fingerprint density at radius 3 is 2.76 bits per heavy atom. The van der Waals surface area contributed by atoms with Gasteiger partial charge in [-0.15, -0.1) is 0 Å². The van der Waals surface area contributed by atoms with Crippen LogP contribution in [0, 0.1) is 6.92 Å². The zero-order valence-corrected chi connectivity index (χ0v) is 13.1. The van der Waals surface area contributed by atoms with Crippen molar-refractivity contribution in [1.29, 1.82) is 0 Å². The van der Waals surface area contributed by atoms with Crippen LogP contribution in [0.3, 0.4) is 0 Å². The molecule has 1 saturated heterocycles. The van der Waals surface area contributed by atoms with Crippen molar-refractivity contribution in [2.75, 3.05) is 6.54 Å². The summed E-state index contributed by atoms with van der Waals surface area (Å²) in [5, 5.41) is 10.2. The second-order valence-electron chi connectivity index (χ2n) is 5.56. The van der Waals surface area contributed by atoms with Gasteiger partial charge in [-0.25, -0.2) is 4.79 Å². The first-order chi connectivity index (χ1) is 9.94. The van der Waals surface area contributed by atoms with Gasteiger partial charge >= 0.3 is 5.97 Å². The summed E-state index contributed by atoms with van der Waals surface area (Å²) in [6, 6.07) is 5.16. The van der Waals surface area contributed by atoms with Crippen molar-refractivity contribution in [3.8, 4) is 0 Å². The summed E-state index contributed by atoms with van der Waals surface area (Å²) in [5.41, 5.74) is 0.124. The average molecular weight is 310 g/mol. The zero-order chi connectivity index (χ0) is 15.6. The number of carbonyl (C=O) groups is 2. The van der Waals surface area contributed by atoms with Gasteiger partial charge in [-0.3, -0.25) is 4.79 Å². The molecule has 0 bridgehead atoms. The van der Waals surface area contributed by atoms with E-state index in [1.54, 1.807) is 25.1 Å². The van der Waals surface area contributed by atoms with Crippen LogP contribution in [-0.2, 0) is 4.79 Å². The fraction of sp³-hybridized carbons (Fsp3) is 0.500. The number of likely N-dealkylation sites (tertiary alicyclic amines) is 1. The fourth-order valence-corrected chi connectivity index (χ4v) is 3.34. The first-order valence-corrected chi connectivity index (χ1v) is 7.62. The highest BCUT2D eigenvalue weighted by Gasteiger charge is 2.49. The molecule has 0 aromatic heterocycles. The number of carboxylic acid groups (broad SMARTS) is 1. The van der Waals surface area contributed by atoms with Crippen LogP contribution in [0.25, 0.3) is 0 Å². The maximum atomic E-state index is 12.8. The third kappa shape index (κ3) is 2.64. The molecule has 1 aromatic carbocycles. The summed E-state index contributed by atoms with van der Waals surface area (Å²) in [5.74, 6) is -1.14. The van der Waals surface area contributed by atoms with E-state index in [2.05, 4.69) is 0 Å². The van der Waals surface area contributed by atoms with Crippen molar-refractivity contribution in [3.63, 3.8) is 0 Å². The molecule has 1 aliphatic rings. The molecule has 114 valence electrons. The van der Waals surface area contributed by atoms with Crippen LogP contribution in [0.1, 0.15) is 48.5 Å². The van der Waals surface area contributed by atoms with E-state index in [0.29, 0.717) is 35.5 Å². The molecule has 0 aliphatic carbocycles. The Morgan fingerprint density at radius 2 is 2.14 bits per heavy atom. The van der Waals surface area contributed by atoms with Gasteiger partial charge in [-0.2, -0.15) is 0 Å². The summed E-state index contributed by atoms with van der Waals surface area (Å²) in [7, 11) is 0. The van der Waals surface area contributed by atoms with Gasteiger partial charge in [0.15, 0.2) is 0 Å². The molecule has 0 radical (unpaired) electrons. The summed E-state index contributed by atoms with van der Waals surface area (Å²) in [4.78, 5) is 26.1. The van der Waals surface area contributed by atoms with Crippen LogP contribution in [0.15, 0.2) is 18.2 Å². The summed E-state index contributed by atoms with van der Waals surface area (Å²) < 4.78 is 0.